The van der Waals surface area contributed by atoms with Crippen molar-refractivity contribution in [2.24, 2.45) is 0 Å². The number of aromatic nitrogens is 3. The smallest absolute Gasteiger partial charge is 0.338 e. The summed E-state index contributed by atoms with van der Waals surface area (Å²) in [6.45, 7) is 0. The molecule has 3 rings (SSSR count). The highest BCUT2D eigenvalue weighted by atomic mass is 16.4. The monoisotopic (exact) mass is 239 g/mol. The molecule has 0 atom stereocenters. The number of pyridine rings is 1. The van der Waals surface area contributed by atoms with Crippen LogP contribution < -0.4 is 0 Å². The third-order valence-electron chi connectivity index (χ3n) is 2.70. The molecule has 5 nitrogen and oxygen atoms in total. The molecule has 2 aromatic heterocycles. The second-order valence-corrected chi connectivity index (χ2v) is 3.83. The Morgan fingerprint density at radius 3 is 2.83 bits per heavy atom. The van der Waals surface area contributed by atoms with E-state index in [4.69, 9.17) is 5.11 Å². The molecule has 0 aliphatic carbocycles. The summed E-state index contributed by atoms with van der Waals surface area (Å²) in [6, 6.07) is 9.46. The van der Waals surface area contributed by atoms with E-state index in [2.05, 4.69) is 10.1 Å². The molecule has 88 valence electrons. The van der Waals surface area contributed by atoms with Gasteiger partial charge in [-0.1, -0.05) is 18.2 Å². The summed E-state index contributed by atoms with van der Waals surface area (Å²) < 4.78 is 1.55. The van der Waals surface area contributed by atoms with Gasteiger partial charge in [0.1, 0.15) is 0 Å². The van der Waals surface area contributed by atoms with E-state index in [0.29, 0.717) is 0 Å². The van der Waals surface area contributed by atoms with Crippen LogP contribution in [0, 0.1) is 0 Å². The quantitative estimate of drug-likeness (QED) is 0.743. The number of carbonyl (C=O) groups is 1. The molecule has 1 N–H and O–H groups in total. The zero-order valence-electron chi connectivity index (χ0n) is 9.32. The molecule has 0 spiro atoms. The van der Waals surface area contributed by atoms with Gasteiger partial charge in [-0.2, -0.15) is 5.10 Å². The molecule has 0 saturated carbocycles. The van der Waals surface area contributed by atoms with Gasteiger partial charge < -0.3 is 5.11 Å². The van der Waals surface area contributed by atoms with Gasteiger partial charge in [0.15, 0.2) is 0 Å². The molecule has 1 aromatic carbocycles. The zero-order chi connectivity index (χ0) is 12.5. The first kappa shape index (κ1) is 10.5. The molecular weight excluding hydrogens is 230 g/mol. The van der Waals surface area contributed by atoms with Gasteiger partial charge in [0.2, 0.25) is 0 Å². The van der Waals surface area contributed by atoms with Crippen LogP contribution in [-0.4, -0.2) is 25.8 Å². The highest BCUT2D eigenvalue weighted by Crippen LogP contribution is 2.19. The Morgan fingerprint density at radius 2 is 2.06 bits per heavy atom. The van der Waals surface area contributed by atoms with Gasteiger partial charge in [-0.3, -0.25) is 4.98 Å². The Balaban J connectivity index is 2.21. The number of hydrogen-bond donors (Lipinski definition) is 1. The molecule has 0 radical (unpaired) electrons. The zero-order valence-corrected chi connectivity index (χ0v) is 9.32. The van der Waals surface area contributed by atoms with Crippen LogP contribution in [0.2, 0.25) is 0 Å². The van der Waals surface area contributed by atoms with E-state index in [1.54, 1.807) is 16.9 Å². The Labute approximate surface area is 102 Å². The number of para-hydroxylation sites is 1. The molecule has 0 fully saturated rings. The first-order chi connectivity index (χ1) is 8.75. The number of rotatable bonds is 2. The lowest BCUT2D eigenvalue weighted by Gasteiger charge is -2.05. The Hall–Kier alpha value is -2.69. The maximum absolute atomic E-state index is 10.8. The van der Waals surface area contributed by atoms with Crippen molar-refractivity contribution < 1.29 is 9.90 Å². The lowest BCUT2D eigenvalue weighted by atomic mass is 10.2. The fourth-order valence-electron chi connectivity index (χ4n) is 1.85. The fraction of sp³-hybridized carbons (Fsp3) is 0. The third kappa shape index (κ3) is 1.62. The highest BCUT2D eigenvalue weighted by molar-refractivity contribution is 5.89. The minimum atomic E-state index is -0.986. The summed E-state index contributed by atoms with van der Waals surface area (Å²) in [6.07, 6.45) is 4.50. The van der Waals surface area contributed by atoms with Crippen molar-refractivity contribution in [3.63, 3.8) is 0 Å². The molecule has 0 aliphatic heterocycles. The van der Waals surface area contributed by atoms with Crippen LogP contribution in [0.4, 0.5) is 0 Å². The number of hydrogen-bond acceptors (Lipinski definition) is 3. The first-order valence-electron chi connectivity index (χ1n) is 5.38. The second kappa shape index (κ2) is 3.96. The van der Waals surface area contributed by atoms with Crippen LogP contribution in [0.15, 0.2) is 48.9 Å². The van der Waals surface area contributed by atoms with Gasteiger partial charge in [0, 0.05) is 17.8 Å². The normalized spacial score (nSPS) is 10.7. The lowest BCUT2D eigenvalue weighted by molar-refractivity contribution is 0.0697. The maximum Gasteiger partial charge on any atom is 0.338 e. The summed E-state index contributed by atoms with van der Waals surface area (Å²) >= 11 is 0. The SMILES string of the molecule is O=C(O)c1cnn(-c2ccnc3ccccc23)c1. The van der Waals surface area contributed by atoms with Crippen molar-refractivity contribution >= 4 is 16.9 Å². The second-order valence-electron chi connectivity index (χ2n) is 3.83. The predicted octanol–water partition coefficient (Wildman–Crippen LogP) is 2.12. The summed E-state index contributed by atoms with van der Waals surface area (Å²) in [5, 5.41) is 13.9. The van der Waals surface area contributed by atoms with Gasteiger partial charge in [0.05, 0.1) is 23.0 Å². The van der Waals surface area contributed by atoms with E-state index >= 15 is 0 Å². The maximum atomic E-state index is 10.8. The molecule has 2 heterocycles. The van der Waals surface area contributed by atoms with Gasteiger partial charge >= 0.3 is 5.97 Å². The fourth-order valence-corrected chi connectivity index (χ4v) is 1.85. The van der Waals surface area contributed by atoms with Gasteiger partial charge in [-0.25, -0.2) is 9.48 Å². The third-order valence-corrected chi connectivity index (χ3v) is 2.70. The van der Waals surface area contributed by atoms with E-state index in [9.17, 15) is 4.79 Å². The minimum Gasteiger partial charge on any atom is -0.478 e. The van der Waals surface area contributed by atoms with Crippen molar-refractivity contribution in [3.05, 3.63) is 54.5 Å². The minimum absolute atomic E-state index is 0.163. The van der Waals surface area contributed by atoms with Crippen LogP contribution >= 0.6 is 0 Å². The molecule has 0 unspecified atom stereocenters. The topological polar surface area (TPSA) is 68.0 Å². The standard InChI is InChI=1S/C13H9N3O2/c17-13(18)9-7-15-16(8-9)12-5-6-14-11-4-2-1-3-10(11)12/h1-8H,(H,17,18). The molecule has 0 saturated heterocycles. The van der Waals surface area contributed by atoms with Crippen LogP contribution in [0.1, 0.15) is 10.4 Å². The summed E-state index contributed by atoms with van der Waals surface area (Å²) in [7, 11) is 0. The number of carboxylic acids is 1. The average molecular weight is 239 g/mol. The molecule has 0 aliphatic rings. The molecule has 18 heavy (non-hydrogen) atoms. The van der Waals surface area contributed by atoms with Crippen LogP contribution in [0.25, 0.3) is 16.6 Å². The Kier molecular flexibility index (Phi) is 2.30. The van der Waals surface area contributed by atoms with Crippen molar-refractivity contribution in [2.75, 3.05) is 0 Å². The van der Waals surface area contributed by atoms with Crippen molar-refractivity contribution in [1.82, 2.24) is 14.8 Å². The predicted molar refractivity (Wildman–Crippen MR) is 65.8 cm³/mol. The van der Waals surface area contributed by atoms with Crippen LogP contribution in [0.5, 0.6) is 0 Å². The van der Waals surface area contributed by atoms with Gasteiger partial charge in [-0.05, 0) is 12.1 Å². The van der Waals surface area contributed by atoms with Crippen molar-refractivity contribution in [1.29, 1.82) is 0 Å². The number of aromatic carboxylic acids is 1. The Bertz CT molecular complexity index is 728. The molecular formula is C13H9N3O2. The largest absolute Gasteiger partial charge is 0.478 e. The molecule has 0 bridgehead atoms. The van der Waals surface area contributed by atoms with Gasteiger partial charge in [-0.15, -0.1) is 0 Å². The van der Waals surface area contributed by atoms with Gasteiger partial charge in [0.25, 0.3) is 0 Å². The number of carboxylic acid groups (broad SMARTS) is 1. The highest BCUT2D eigenvalue weighted by Gasteiger charge is 2.09. The van der Waals surface area contributed by atoms with E-state index < -0.39 is 5.97 Å². The summed E-state index contributed by atoms with van der Waals surface area (Å²) in [5.41, 5.74) is 1.83. The van der Waals surface area contributed by atoms with Crippen molar-refractivity contribution in [3.8, 4) is 5.69 Å². The Morgan fingerprint density at radius 1 is 1.22 bits per heavy atom. The summed E-state index contributed by atoms with van der Waals surface area (Å²) in [4.78, 5) is 15.1. The lowest BCUT2D eigenvalue weighted by Crippen LogP contribution is -1.97. The van der Waals surface area contributed by atoms with E-state index in [1.165, 1.54) is 12.4 Å². The number of nitrogens with zero attached hydrogens (tertiary/aromatic N) is 3. The van der Waals surface area contributed by atoms with E-state index in [-0.39, 0.29) is 5.56 Å². The first-order valence-corrected chi connectivity index (χ1v) is 5.38. The van der Waals surface area contributed by atoms with E-state index in [0.717, 1.165) is 16.6 Å². The number of fused-ring (bicyclic) bond motifs is 1. The number of benzene rings is 1. The van der Waals surface area contributed by atoms with Crippen LogP contribution in [-0.2, 0) is 0 Å². The van der Waals surface area contributed by atoms with E-state index in [1.807, 2.05) is 24.3 Å². The molecule has 3 aromatic rings. The summed E-state index contributed by atoms with van der Waals surface area (Å²) in [5.74, 6) is -0.986. The average Bonchev–Trinajstić information content (AvgIpc) is 2.87. The molecule has 5 heteroatoms. The van der Waals surface area contributed by atoms with Crippen molar-refractivity contribution in [2.45, 2.75) is 0 Å². The molecule has 0 amide bonds. The van der Waals surface area contributed by atoms with Crippen LogP contribution in [0.3, 0.4) is 0 Å².